The minimum absolute atomic E-state index is 0.0529. The molecule has 24 heavy (non-hydrogen) atoms. The molecule has 8 heteroatoms. The predicted molar refractivity (Wildman–Crippen MR) is 91.1 cm³/mol. The summed E-state index contributed by atoms with van der Waals surface area (Å²) >= 11 is 4.97. The van der Waals surface area contributed by atoms with Crippen LogP contribution in [0.2, 0.25) is 0 Å². The molecule has 0 aliphatic heterocycles. The fraction of sp³-hybridized carbons (Fsp3) is 0. The van der Waals surface area contributed by atoms with Crippen LogP contribution in [0.3, 0.4) is 0 Å². The molecule has 3 N–H and O–H groups in total. The van der Waals surface area contributed by atoms with Crippen molar-refractivity contribution in [2.24, 2.45) is 0 Å². The Morgan fingerprint density at radius 3 is 2.50 bits per heavy atom. The average Bonchev–Trinajstić information content (AvgIpc) is 3.05. The zero-order valence-electron chi connectivity index (χ0n) is 12.3. The van der Waals surface area contributed by atoms with Crippen LogP contribution in [0.5, 0.6) is 0 Å². The van der Waals surface area contributed by atoms with E-state index in [1.807, 2.05) is 18.2 Å². The Hall–Kier alpha value is -3.26. The van der Waals surface area contributed by atoms with Crippen molar-refractivity contribution in [1.29, 1.82) is 0 Å². The molecular formula is C16H12N4O3S. The van der Waals surface area contributed by atoms with E-state index in [1.165, 1.54) is 12.4 Å². The van der Waals surface area contributed by atoms with Gasteiger partial charge in [-0.3, -0.25) is 30.7 Å². The second-order valence-corrected chi connectivity index (χ2v) is 5.15. The third kappa shape index (κ3) is 3.55. The second kappa shape index (κ2) is 6.88. The lowest BCUT2D eigenvalue weighted by Gasteiger charge is -2.09. The second-order valence-electron chi connectivity index (χ2n) is 4.75. The van der Waals surface area contributed by atoms with Gasteiger partial charge >= 0.3 is 0 Å². The minimum Gasteiger partial charge on any atom is -0.451 e. The molecule has 0 fully saturated rings. The molecule has 0 bridgehead atoms. The number of rotatable bonds is 2. The number of benzene rings is 1. The third-order valence-corrected chi connectivity index (χ3v) is 3.31. The van der Waals surface area contributed by atoms with Crippen molar-refractivity contribution >= 4 is 40.1 Å². The summed E-state index contributed by atoms with van der Waals surface area (Å²) in [5.41, 5.74) is 5.84. The highest BCUT2D eigenvalue weighted by atomic mass is 32.1. The van der Waals surface area contributed by atoms with Gasteiger partial charge in [0.1, 0.15) is 5.58 Å². The summed E-state index contributed by atoms with van der Waals surface area (Å²) in [6.45, 7) is 0. The van der Waals surface area contributed by atoms with Gasteiger partial charge in [-0.25, -0.2) is 0 Å². The van der Waals surface area contributed by atoms with Crippen LogP contribution in [0.25, 0.3) is 11.0 Å². The van der Waals surface area contributed by atoms with Gasteiger partial charge < -0.3 is 4.42 Å². The molecule has 1 aromatic carbocycles. The standard InChI is InChI=1S/C16H12N4O3S/c21-14(10-5-7-17-8-6-10)19-20-16(24)18-15(22)13-9-11-3-1-2-4-12(11)23-13/h1-9H,(H,19,21)(H2,18,20,22,24). The van der Waals surface area contributed by atoms with E-state index in [0.29, 0.717) is 11.1 Å². The van der Waals surface area contributed by atoms with Gasteiger partial charge in [-0.2, -0.15) is 0 Å². The van der Waals surface area contributed by atoms with Crippen LogP contribution < -0.4 is 16.2 Å². The van der Waals surface area contributed by atoms with Gasteiger partial charge in [-0.15, -0.1) is 0 Å². The van der Waals surface area contributed by atoms with Crippen molar-refractivity contribution in [2.45, 2.75) is 0 Å². The van der Waals surface area contributed by atoms with E-state index in [-0.39, 0.29) is 10.9 Å². The Bertz CT molecular complexity index is 875. The topological polar surface area (TPSA) is 96.3 Å². The summed E-state index contributed by atoms with van der Waals surface area (Å²) in [6, 6.07) is 12.0. The van der Waals surface area contributed by atoms with E-state index in [0.717, 1.165) is 5.39 Å². The summed E-state index contributed by atoms with van der Waals surface area (Å²) in [5, 5.41) is 3.18. The lowest BCUT2D eigenvalue weighted by atomic mass is 10.2. The molecule has 120 valence electrons. The molecule has 0 saturated heterocycles. The number of thiocarbonyl (C=S) groups is 1. The first kappa shape index (κ1) is 15.6. The maximum Gasteiger partial charge on any atom is 0.293 e. The van der Waals surface area contributed by atoms with Crippen molar-refractivity contribution < 1.29 is 14.0 Å². The number of amides is 2. The van der Waals surface area contributed by atoms with Crippen LogP contribution in [-0.4, -0.2) is 21.9 Å². The lowest BCUT2D eigenvalue weighted by molar-refractivity contribution is 0.0928. The molecular weight excluding hydrogens is 328 g/mol. The monoisotopic (exact) mass is 340 g/mol. The molecule has 0 unspecified atom stereocenters. The Kier molecular flexibility index (Phi) is 4.48. The zero-order chi connectivity index (χ0) is 16.9. The molecule has 0 radical (unpaired) electrons. The van der Waals surface area contributed by atoms with Crippen molar-refractivity contribution in [3.05, 3.63) is 66.2 Å². The third-order valence-electron chi connectivity index (χ3n) is 3.11. The summed E-state index contributed by atoms with van der Waals surface area (Å²) in [4.78, 5) is 27.7. The van der Waals surface area contributed by atoms with Crippen LogP contribution in [0, 0.1) is 0 Å². The number of pyridine rings is 1. The van der Waals surface area contributed by atoms with E-state index >= 15 is 0 Å². The van der Waals surface area contributed by atoms with E-state index in [2.05, 4.69) is 21.2 Å². The highest BCUT2D eigenvalue weighted by Crippen LogP contribution is 2.18. The van der Waals surface area contributed by atoms with Gasteiger partial charge in [0.05, 0.1) is 0 Å². The number of furan rings is 1. The Morgan fingerprint density at radius 2 is 1.75 bits per heavy atom. The Labute approximate surface area is 142 Å². The number of para-hydroxylation sites is 1. The van der Waals surface area contributed by atoms with Gasteiger partial charge in [0.2, 0.25) is 0 Å². The predicted octanol–water partition coefficient (Wildman–Crippen LogP) is 1.78. The smallest absolute Gasteiger partial charge is 0.293 e. The van der Waals surface area contributed by atoms with E-state index in [1.54, 1.807) is 24.3 Å². The molecule has 2 heterocycles. The fourth-order valence-electron chi connectivity index (χ4n) is 1.98. The maximum atomic E-state index is 12.1. The lowest BCUT2D eigenvalue weighted by Crippen LogP contribution is -2.48. The first-order chi connectivity index (χ1) is 11.6. The molecule has 7 nitrogen and oxygen atoms in total. The highest BCUT2D eigenvalue weighted by Gasteiger charge is 2.14. The molecule has 2 amide bonds. The van der Waals surface area contributed by atoms with Crippen molar-refractivity contribution in [3.8, 4) is 0 Å². The Morgan fingerprint density at radius 1 is 1.00 bits per heavy atom. The van der Waals surface area contributed by atoms with Crippen molar-refractivity contribution in [1.82, 2.24) is 21.2 Å². The number of hydrogen-bond acceptors (Lipinski definition) is 5. The summed E-state index contributed by atoms with van der Waals surface area (Å²) in [7, 11) is 0. The van der Waals surface area contributed by atoms with Gasteiger partial charge in [0, 0.05) is 23.3 Å². The van der Waals surface area contributed by atoms with Crippen LogP contribution in [0.15, 0.2) is 59.3 Å². The SMILES string of the molecule is O=C(NNC(=S)NC(=O)c1cc2ccccc2o1)c1ccncc1. The molecule has 3 aromatic rings. The quantitative estimate of drug-likeness (QED) is 0.486. The zero-order valence-corrected chi connectivity index (χ0v) is 13.1. The molecule has 3 rings (SSSR count). The van der Waals surface area contributed by atoms with Gasteiger partial charge in [0.15, 0.2) is 10.9 Å². The number of aromatic nitrogens is 1. The fourth-order valence-corrected chi connectivity index (χ4v) is 2.12. The highest BCUT2D eigenvalue weighted by molar-refractivity contribution is 7.80. The summed E-state index contributed by atoms with van der Waals surface area (Å²) < 4.78 is 5.43. The summed E-state index contributed by atoms with van der Waals surface area (Å²) in [5.74, 6) is -0.791. The number of fused-ring (bicyclic) bond motifs is 1. The van der Waals surface area contributed by atoms with Crippen molar-refractivity contribution in [3.63, 3.8) is 0 Å². The molecule has 0 aliphatic rings. The summed E-state index contributed by atoms with van der Waals surface area (Å²) in [6.07, 6.45) is 2.99. The number of hydrazine groups is 1. The van der Waals surface area contributed by atoms with Crippen LogP contribution in [0.1, 0.15) is 20.9 Å². The first-order valence-electron chi connectivity index (χ1n) is 6.94. The minimum atomic E-state index is -0.512. The number of carbonyl (C=O) groups is 2. The molecule has 0 atom stereocenters. The van der Waals surface area contributed by atoms with Crippen LogP contribution in [-0.2, 0) is 0 Å². The molecule has 0 spiro atoms. The largest absolute Gasteiger partial charge is 0.451 e. The molecule has 0 aliphatic carbocycles. The van der Waals surface area contributed by atoms with Gasteiger partial charge in [-0.1, -0.05) is 18.2 Å². The number of nitrogens with one attached hydrogen (secondary N) is 3. The first-order valence-corrected chi connectivity index (χ1v) is 7.34. The van der Waals surface area contributed by atoms with Gasteiger partial charge in [0.25, 0.3) is 11.8 Å². The Balaban J connectivity index is 1.56. The van der Waals surface area contributed by atoms with E-state index in [4.69, 9.17) is 16.6 Å². The number of hydrogen-bond donors (Lipinski definition) is 3. The maximum absolute atomic E-state index is 12.1. The number of nitrogens with zero attached hydrogens (tertiary/aromatic N) is 1. The normalized spacial score (nSPS) is 10.2. The van der Waals surface area contributed by atoms with Crippen LogP contribution in [0.4, 0.5) is 0 Å². The van der Waals surface area contributed by atoms with E-state index in [9.17, 15) is 9.59 Å². The molecule has 0 saturated carbocycles. The molecule has 2 aromatic heterocycles. The van der Waals surface area contributed by atoms with Crippen molar-refractivity contribution in [2.75, 3.05) is 0 Å². The van der Waals surface area contributed by atoms with Crippen LogP contribution >= 0.6 is 12.2 Å². The van der Waals surface area contributed by atoms with Gasteiger partial charge in [-0.05, 0) is 36.5 Å². The number of carbonyl (C=O) groups excluding carboxylic acids is 2. The van der Waals surface area contributed by atoms with E-state index < -0.39 is 11.8 Å². The average molecular weight is 340 g/mol.